The summed E-state index contributed by atoms with van der Waals surface area (Å²) in [5, 5.41) is 17.8. The van der Waals surface area contributed by atoms with Crippen molar-refractivity contribution in [3.05, 3.63) is 24.3 Å². The summed E-state index contributed by atoms with van der Waals surface area (Å²) in [6, 6.07) is 6.81. The first-order valence-corrected chi connectivity index (χ1v) is 5.71. The highest BCUT2D eigenvalue weighted by atomic mass is 32.2. The summed E-state index contributed by atoms with van der Waals surface area (Å²) in [4.78, 5) is 0. The van der Waals surface area contributed by atoms with E-state index in [4.69, 9.17) is 14.8 Å². The number of thioether (sulfide) groups is 1. The maximum Gasteiger partial charge on any atom is 0.488 e. The summed E-state index contributed by atoms with van der Waals surface area (Å²) in [5.74, 6) is 1.59. The van der Waals surface area contributed by atoms with Crippen LogP contribution in [0.4, 0.5) is 0 Å². The molecular weight excluding hydrogens is 199 g/mol. The molecule has 0 saturated carbocycles. The highest BCUT2D eigenvalue weighted by molar-refractivity contribution is 7.98. The van der Waals surface area contributed by atoms with E-state index < -0.39 is 7.12 Å². The van der Waals surface area contributed by atoms with Crippen molar-refractivity contribution < 1.29 is 14.8 Å². The van der Waals surface area contributed by atoms with Gasteiger partial charge in [-0.15, -0.1) is 0 Å². The minimum Gasteiger partial charge on any atom is -0.493 e. The summed E-state index contributed by atoms with van der Waals surface area (Å²) >= 11 is 1.71. The van der Waals surface area contributed by atoms with Crippen molar-refractivity contribution in [3.63, 3.8) is 0 Å². The molecular formula is C9H13BO3S. The number of benzene rings is 1. The van der Waals surface area contributed by atoms with Gasteiger partial charge in [-0.05, 0) is 23.9 Å². The Balaban J connectivity index is 2.55. The van der Waals surface area contributed by atoms with Crippen LogP contribution in [-0.2, 0) is 0 Å². The van der Waals surface area contributed by atoms with Crippen LogP contribution in [0, 0.1) is 0 Å². The van der Waals surface area contributed by atoms with Gasteiger partial charge < -0.3 is 14.8 Å². The average molecular weight is 212 g/mol. The highest BCUT2D eigenvalue weighted by Gasteiger charge is 2.10. The Morgan fingerprint density at radius 3 is 2.86 bits per heavy atom. The van der Waals surface area contributed by atoms with E-state index in [1.165, 1.54) is 0 Å². The summed E-state index contributed by atoms with van der Waals surface area (Å²) < 4.78 is 5.39. The largest absolute Gasteiger partial charge is 0.493 e. The van der Waals surface area contributed by atoms with Gasteiger partial charge in [0.1, 0.15) is 5.75 Å². The number of hydrogen-bond acceptors (Lipinski definition) is 4. The molecule has 0 unspecified atom stereocenters. The Morgan fingerprint density at radius 1 is 1.43 bits per heavy atom. The molecule has 0 spiro atoms. The quantitative estimate of drug-likeness (QED) is 0.537. The third kappa shape index (κ3) is 3.61. The van der Waals surface area contributed by atoms with Gasteiger partial charge in [-0.25, -0.2) is 0 Å². The van der Waals surface area contributed by atoms with Crippen molar-refractivity contribution >= 4 is 24.3 Å². The van der Waals surface area contributed by atoms with Crippen LogP contribution in [0.15, 0.2) is 24.3 Å². The standard InChI is InChI=1S/C9H13BO3S/c1-14-6-5-13-9-4-2-3-8(7-9)10(11)12/h2-4,7,11-12H,5-6H2,1H3. The number of ether oxygens (including phenoxy) is 1. The van der Waals surface area contributed by atoms with Gasteiger partial charge in [0.05, 0.1) is 6.61 Å². The lowest BCUT2D eigenvalue weighted by Gasteiger charge is -2.06. The number of hydrogen-bond donors (Lipinski definition) is 2. The molecule has 0 saturated heterocycles. The summed E-state index contributed by atoms with van der Waals surface area (Å²) in [5.41, 5.74) is 0.451. The van der Waals surface area contributed by atoms with Crippen LogP contribution >= 0.6 is 11.8 Å². The third-order valence-corrected chi connectivity index (χ3v) is 2.29. The van der Waals surface area contributed by atoms with E-state index in [2.05, 4.69) is 0 Å². The molecule has 0 aliphatic rings. The fourth-order valence-corrected chi connectivity index (χ4v) is 1.26. The van der Waals surface area contributed by atoms with E-state index in [9.17, 15) is 0 Å². The molecule has 0 aromatic heterocycles. The Kier molecular flexibility index (Phi) is 4.86. The molecule has 0 aliphatic carbocycles. The lowest BCUT2D eigenvalue weighted by molar-refractivity contribution is 0.344. The predicted octanol–water partition coefficient (Wildman–Crippen LogP) is 0.108. The first kappa shape index (κ1) is 11.4. The molecule has 1 aromatic carbocycles. The molecule has 1 aromatic rings. The Hall–Kier alpha value is -0.645. The molecule has 76 valence electrons. The van der Waals surface area contributed by atoms with Gasteiger partial charge in [0.15, 0.2) is 0 Å². The zero-order valence-corrected chi connectivity index (χ0v) is 8.83. The van der Waals surface area contributed by atoms with Gasteiger partial charge in [0.25, 0.3) is 0 Å². The fraction of sp³-hybridized carbons (Fsp3) is 0.333. The zero-order chi connectivity index (χ0) is 10.4. The third-order valence-electron chi connectivity index (χ3n) is 1.71. The van der Waals surface area contributed by atoms with Gasteiger partial charge in [0, 0.05) is 5.75 Å². The van der Waals surface area contributed by atoms with E-state index in [-0.39, 0.29) is 0 Å². The second-order valence-electron chi connectivity index (χ2n) is 2.79. The molecule has 5 heteroatoms. The molecule has 0 amide bonds. The topological polar surface area (TPSA) is 49.7 Å². The molecule has 0 bridgehead atoms. The number of rotatable bonds is 5. The van der Waals surface area contributed by atoms with Gasteiger partial charge in [-0.2, -0.15) is 11.8 Å². The Morgan fingerprint density at radius 2 is 2.21 bits per heavy atom. The first-order valence-electron chi connectivity index (χ1n) is 4.32. The van der Waals surface area contributed by atoms with Crippen LogP contribution < -0.4 is 10.2 Å². The van der Waals surface area contributed by atoms with Gasteiger partial charge >= 0.3 is 7.12 Å². The van der Waals surface area contributed by atoms with Gasteiger partial charge in [-0.1, -0.05) is 12.1 Å². The van der Waals surface area contributed by atoms with E-state index in [1.54, 1.807) is 36.0 Å². The monoisotopic (exact) mass is 212 g/mol. The van der Waals surface area contributed by atoms with E-state index in [0.29, 0.717) is 17.8 Å². The molecule has 1 rings (SSSR count). The molecule has 3 nitrogen and oxygen atoms in total. The van der Waals surface area contributed by atoms with E-state index >= 15 is 0 Å². The maximum absolute atomic E-state index is 8.92. The predicted molar refractivity (Wildman–Crippen MR) is 60.1 cm³/mol. The molecule has 0 radical (unpaired) electrons. The molecule has 14 heavy (non-hydrogen) atoms. The second kappa shape index (κ2) is 5.96. The van der Waals surface area contributed by atoms with Crippen LogP contribution in [0.3, 0.4) is 0 Å². The van der Waals surface area contributed by atoms with Crippen molar-refractivity contribution in [3.8, 4) is 5.75 Å². The van der Waals surface area contributed by atoms with E-state index in [0.717, 1.165) is 5.75 Å². The van der Waals surface area contributed by atoms with Crippen molar-refractivity contribution in [2.24, 2.45) is 0 Å². The van der Waals surface area contributed by atoms with Gasteiger partial charge in [0.2, 0.25) is 0 Å². The van der Waals surface area contributed by atoms with Crippen molar-refractivity contribution in [1.82, 2.24) is 0 Å². The SMILES string of the molecule is CSCCOc1cccc(B(O)O)c1. The Labute approximate surface area is 88.2 Å². The van der Waals surface area contributed by atoms with Crippen LogP contribution in [0.25, 0.3) is 0 Å². The van der Waals surface area contributed by atoms with Crippen LogP contribution in [0.2, 0.25) is 0 Å². The summed E-state index contributed by atoms with van der Waals surface area (Å²) in [7, 11) is -1.43. The minimum absolute atomic E-state index is 0.451. The van der Waals surface area contributed by atoms with Crippen molar-refractivity contribution in [2.45, 2.75) is 0 Å². The van der Waals surface area contributed by atoms with Gasteiger partial charge in [-0.3, -0.25) is 0 Å². The highest BCUT2D eigenvalue weighted by Crippen LogP contribution is 2.07. The van der Waals surface area contributed by atoms with Crippen LogP contribution in [-0.4, -0.2) is 35.8 Å². The Bertz CT molecular complexity index is 281. The normalized spacial score (nSPS) is 9.93. The maximum atomic E-state index is 8.92. The molecule has 0 fully saturated rings. The lowest BCUT2D eigenvalue weighted by Crippen LogP contribution is -2.29. The van der Waals surface area contributed by atoms with Crippen molar-refractivity contribution in [2.75, 3.05) is 18.6 Å². The lowest BCUT2D eigenvalue weighted by atomic mass is 9.80. The first-order chi connectivity index (χ1) is 6.74. The fourth-order valence-electron chi connectivity index (χ4n) is 1.01. The van der Waals surface area contributed by atoms with Crippen molar-refractivity contribution in [1.29, 1.82) is 0 Å². The molecule has 0 heterocycles. The van der Waals surface area contributed by atoms with E-state index in [1.807, 2.05) is 6.26 Å². The van der Waals surface area contributed by atoms with Crippen LogP contribution in [0.1, 0.15) is 0 Å². The molecule has 2 N–H and O–H groups in total. The average Bonchev–Trinajstić information content (AvgIpc) is 2.19. The summed E-state index contributed by atoms with van der Waals surface area (Å²) in [6.07, 6.45) is 2.01. The molecule has 0 aliphatic heterocycles. The second-order valence-corrected chi connectivity index (χ2v) is 3.77. The van der Waals surface area contributed by atoms with Crippen LogP contribution in [0.5, 0.6) is 5.75 Å². The molecule has 0 atom stereocenters. The zero-order valence-electron chi connectivity index (χ0n) is 8.01. The minimum atomic E-state index is -1.43. The smallest absolute Gasteiger partial charge is 0.488 e. The summed E-state index contributed by atoms with van der Waals surface area (Å²) in [6.45, 7) is 0.631.